The summed E-state index contributed by atoms with van der Waals surface area (Å²) in [5.74, 6) is 0. The maximum atomic E-state index is 12.8. The third-order valence-corrected chi connectivity index (χ3v) is 4.66. The normalized spacial score (nSPS) is 11.5. The van der Waals surface area contributed by atoms with Crippen molar-refractivity contribution in [3.8, 4) is 0 Å². The van der Waals surface area contributed by atoms with Gasteiger partial charge in [-0.1, -0.05) is 36.4 Å². The van der Waals surface area contributed by atoms with Gasteiger partial charge in [-0.3, -0.25) is 14.6 Å². The molecule has 4 aromatic rings. The van der Waals surface area contributed by atoms with Crippen molar-refractivity contribution in [1.82, 2.24) is 9.78 Å². The zero-order valence-corrected chi connectivity index (χ0v) is 16.0. The molecule has 0 saturated heterocycles. The zero-order chi connectivity index (χ0) is 22.0. The van der Waals surface area contributed by atoms with Gasteiger partial charge in [-0.15, -0.1) is 0 Å². The van der Waals surface area contributed by atoms with Gasteiger partial charge in [-0.2, -0.15) is 13.2 Å². The van der Waals surface area contributed by atoms with Crippen LogP contribution in [0.2, 0.25) is 0 Å². The lowest BCUT2D eigenvalue weighted by molar-refractivity contribution is -0.137. The summed E-state index contributed by atoms with van der Waals surface area (Å²) in [4.78, 5) is 24.6. The molecule has 0 aliphatic rings. The molecule has 0 saturated carbocycles. The van der Waals surface area contributed by atoms with Crippen LogP contribution in [0, 0.1) is 0 Å². The number of hydrogen-bond donors (Lipinski definition) is 3. The van der Waals surface area contributed by atoms with Gasteiger partial charge in [-0.25, -0.2) is 4.79 Å². The molecule has 0 fully saturated rings. The van der Waals surface area contributed by atoms with E-state index in [1.54, 1.807) is 16.8 Å². The van der Waals surface area contributed by atoms with Crippen molar-refractivity contribution in [3.05, 3.63) is 94.3 Å². The zero-order valence-electron chi connectivity index (χ0n) is 16.0. The summed E-state index contributed by atoms with van der Waals surface area (Å²) in [7, 11) is 0. The summed E-state index contributed by atoms with van der Waals surface area (Å²) >= 11 is 0. The van der Waals surface area contributed by atoms with Gasteiger partial charge >= 0.3 is 12.2 Å². The lowest BCUT2D eigenvalue weighted by atomic mass is 10.2. The molecule has 9 heteroatoms. The average molecular weight is 426 g/mol. The van der Waals surface area contributed by atoms with Crippen molar-refractivity contribution in [2.24, 2.45) is 0 Å². The predicted molar refractivity (Wildman–Crippen MR) is 112 cm³/mol. The molecule has 31 heavy (non-hydrogen) atoms. The second-order valence-electron chi connectivity index (χ2n) is 6.90. The minimum atomic E-state index is -4.51. The fourth-order valence-corrected chi connectivity index (χ4v) is 3.23. The second kappa shape index (κ2) is 8.02. The van der Waals surface area contributed by atoms with E-state index >= 15 is 0 Å². The minimum Gasteiger partial charge on any atom is -0.308 e. The van der Waals surface area contributed by atoms with Crippen LogP contribution in [-0.2, 0) is 12.7 Å². The molecular formula is C22H17F3N4O2. The van der Waals surface area contributed by atoms with Crippen LogP contribution in [0.25, 0.3) is 10.9 Å². The van der Waals surface area contributed by atoms with Gasteiger partial charge in [0.05, 0.1) is 23.0 Å². The number of nitrogens with zero attached hydrogens (tertiary/aromatic N) is 1. The van der Waals surface area contributed by atoms with Crippen LogP contribution >= 0.6 is 0 Å². The first kappa shape index (κ1) is 20.3. The summed E-state index contributed by atoms with van der Waals surface area (Å²) < 4.78 is 40.2. The summed E-state index contributed by atoms with van der Waals surface area (Å²) in [6, 6.07) is 18.0. The number of H-pyrrole nitrogens is 1. The summed E-state index contributed by atoms with van der Waals surface area (Å²) in [5, 5.41) is 8.05. The highest BCUT2D eigenvalue weighted by Gasteiger charge is 2.30. The van der Waals surface area contributed by atoms with E-state index in [-0.39, 0.29) is 11.2 Å². The largest absolute Gasteiger partial charge is 0.416 e. The number of rotatable bonds is 4. The Labute approximate surface area is 174 Å². The fraction of sp³-hybridized carbons (Fsp3) is 0.0909. The maximum Gasteiger partial charge on any atom is 0.416 e. The number of carbonyl (C=O) groups is 1. The number of carbonyl (C=O) groups excluding carboxylic acids is 1. The molecule has 0 aliphatic heterocycles. The van der Waals surface area contributed by atoms with E-state index in [1.807, 2.05) is 30.3 Å². The Kier molecular flexibility index (Phi) is 5.24. The van der Waals surface area contributed by atoms with Crippen molar-refractivity contribution in [1.29, 1.82) is 0 Å². The molecule has 1 heterocycles. The standard InChI is InChI=1S/C22H17F3N4O2/c23-22(24,25)15-7-4-8-16(11-15)26-21(31)27-17-9-10-19-18(12-17)20(30)28-29(19)13-14-5-2-1-3-6-14/h1-12H,13H2,(H,28,30)(H2,26,27,31). The molecule has 0 spiro atoms. The third-order valence-electron chi connectivity index (χ3n) is 4.66. The Balaban J connectivity index is 1.51. The van der Waals surface area contributed by atoms with Crippen molar-refractivity contribution in [2.75, 3.05) is 10.6 Å². The number of urea groups is 1. The Morgan fingerprint density at radius 3 is 2.32 bits per heavy atom. The topological polar surface area (TPSA) is 78.9 Å². The number of amides is 2. The number of fused-ring (bicyclic) bond motifs is 1. The van der Waals surface area contributed by atoms with Gasteiger partial charge < -0.3 is 10.6 Å². The first-order valence-corrected chi connectivity index (χ1v) is 9.31. The molecule has 1 aromatic heterocycles. The first-order chi connectivity index (χ1) is 14.8. The summed E-state index contributed by atoms with van der Waals surface area (Å²) in [6.07, 6.45) is -4.51. The average Bonchev–Trinajstić information content (AvgIpc) is 3.03. The lowest BCUT2D eigenvalue weighted by Gasteiger charge is -2.11. The Morgan fingerprint density at radius 2 is 1.61 bits per heavy atom. The van der Waals surface area contributed by atoms with E-state index in [0.29, 0.717) is 23.1 Å². The van der Waals surface area contributed by atoms with E-state index in [0.717, 1.165) is 17.7 Å². The number of benzene rings is 3. The van der Waals surface area contributed by atoms with E-state index in [4.69, 9.17) is 0 Å². The molecule has 0 radical (unpaired) electrons. The second-order valence-corrected chi connectivity index (χ2v) is 6.90. The van der Waals surface area contributed by atoms with Crippen molar-refractivity contribution in [3.63, 3.8) is 0 Å². The van der Waals surface area contributed by atoms with E-state index < -0.39 is 17.8 Å². The summed E-state index contributed by atoms with van der Waals surface area (Å²) in [5.41, 5.74) is 0.835. The quantitative estimate of drug-likeness (QED) is 0.427. The van der Waals surface area contributed by atoms with E-state index in [1.165, 1.54) is 18.2 Å². The molecular weight excluding hydrogens is 409 g/mol. The van der Waals surface area contributed by atoms with Gasteiger partial charge in [0, 0.05) is 11.4 Å². The van der Waals surface area contributed by atoms with Crippen LogP contribution in [0.5, 0.6) is 0 Å². The Morgan fingerprint density at radius 1 is 0.903 bits per heavy atom. The fourth-order valence-electron chi connectivity index (χ4n) is 3.23. The van der Waals surface area contributed by atoms with Crippen LogP contribution in [0.3, 0.4) is 0 Å². The molecule has 6 nitrogen and oxygen atoms in total. The van der Waals surface area contributed by atoms with E-state index in [9.17, 15) is 22.8 Å². The van der Waals surface area contributed by atoms with Crippen LogP contribution in [-0.4, -0.2) is 15.8 Å². The molecule has 2 amide bonds. The van der Waals surface area contributed by atoms with Gasteiger partial charge in [0.1, 0.15) is 0 Å². The highest BCUT2D eigenvalue weighted by Crippen LogP contribution is 2.30. The number of anilines is 2. The first-order valence-electron chi connectivity index (χ1n) is 9.31. The SMILES string of the molecule is O=C(Nc1cccc(C(F)(F)F)c1)Nc1ccc2c(c1)c(=O)[nH]n2Cc1ccccc1. The molecule has 4 rings (SSSR count). The number of hydrogen-bond acceptors (Lipinski definition) is 2. The van der Waals surface area contributed by atoms with Gasteiger partial charge in [0.2, 0.25) is 0 Å². The number of aromatic nitrogens is 2. The number of aromatic amines is 1. The van der Waals surface area contributed by atoms with Gasteiger partial charge in [0.25, 0.3) is 5.56 Å². The van der Waals surface area contributed by atoms with Crippen molar-refractivity contribution in [2.45, 2.75) is 12.7 Å². The summed E-state index contributed by atoms with van der Waals surface area (Å²) in [6.45, 7) is 0.475. The van der Waals surface area contributed by atoms with E-state index in [2.05, 4.69) is 15.7 Å². The molecule has 0 atom stereocenters. The minimum absolute atomic E-state index is 0.000245. The predicted octanol–water partition coefficient (Wildman–Crippen LogP) is 5.04. The monoisotopic (exact) mass is 426 g/mol. The highest BCUT2D eigenvalue weighted by atomic mass is 19.4. The molecule has 0 bridgehead atoms. The van der Waals surface area contributed by atoms with Gasteiger partial charge in [0.15, 0.2) is 0 Å². The van der Waals surface area contributed by atoms with Crippen LogP contribution in [0.15, 0.2) is 77.6 Å². The van der Waals surface area contributed by atoms with Crippen molar-refractivity contribution >= 4 is 28.3 Å². The smallest absolute Gasteiger partial charge is 0.308 e. The Bertz CT molecular complexity index is 1290. The molecule has 3 aromatic carbocycles. The van der Waals surface area contributed by atoms with Crippen molar-refractivity contribution < 1.29 is 18.0 Å². The molecule has 0 unspecified atom stereocenters. The third kappa shape index (κ3) is 4.61. The Hall–Kier alpha value is -4.01. The van der Waals surface area contributed by atoms with Crippen LogP contribution in [0.1, 0.15) is 11.1 Å². The molecule has 3 N–H and O–H groups in total. The number of nitrogens with one attached hydrogen (secondary N) is 3. The number of alkyl halides is 3. The van der Waals surface area contributed by atoms with Gasteiger partial charge in [-0.05, 0) is 42.0 Å². The van der Waals surface area contributed by atoms with Crippen LogP contribution in [0.4, 0.5) is 29.3 Å². The van der Waals surface area contributed by atoms with Crippen LogP contribution < -0.4 is 16.2 Å². The molecule has 158 valence electrons. The lowest BCUT2D eigenvalue weighted by Crippen LogP contribution is -2.19. The highest BCUT2D eigenvalue weighted by molar-refractivity contribution is 6.01. The molecule has 0 aliphatic carbocycles. The maximum absolute atomic E-state index is 12.8. The number of halogens is 3.